The van der Waals surface area contributed by atoms with Gasteiger partial charge in [-0.25, -0.2) is 0 Å². The van der Waals surface area contributed by atoms with Gasteiger partial charge < -0.3 is 9.64 Å². The Hall–Kier alpha value is -2.40. The Kier molecular flexibility index (Phi) is 3.53. The van der Waals surface area contributed by atoms with E-state index in [0.717, 1.165) is 31.6 Å². The SMILES string of the molecule is Cc1cc(N2CCOC3(CCc4ccccc43)C2)ccc1[N+](=O)[O-]. The highest BCUT2D eigenvalue weighted by molar-refractivity contribution is 5.56. The van der Waals surface area contributed by atoms with E-state index in [1.165, 1.54) is 11.1 Å². The molecule has 24 heavy (non-hydrogen) atoms. The minimum absolute atomic E-state index is 0.174. The summed E-state index contributed by atoms with van der Waals surface area (Å²) in [5, 5.41) is 11.0. The Labute approximate surface area is 141 Å². The van der Waals surface area contributed by atoms with Crippen molar-refractivity contribution in [3.8, 4) is 0 Å². The summed E-state index contributed by atoms with van der Waals surface area (Å²) < 4.78 is 6.25. The second-order valence-electron chi connectivity index (χ2n) is 6.65. The van der Waals surface area contributed by atoms with Crippen molar-refractivity contribution in [1.82, 2.24) is 0 Å². The summed E-state index contributed by atoms with van der Waals surface area (Å²) in [6.45, 7) is 4.06. The largest absolute Gasteiger partial charge is 0.367 e. The number of nitro benzene ring substituents is 1. The van der Waals surface area contributed by atoms with Gasteiger partial charge in [-0.15, -0.1) is 0 Å². The molecular weight excluding hydrogens is 304 g/mol. The third-order valence-corrected chi connectivity index (χ3v) is 5.23. The molecule has 5 nitrogen and oxygen atoms in total. The molecule has 1 saturated heterocycles. The number of hydrogen-bond donors (Lipinski definition) is 0. The topological polar surface area (TPSA) is 55.6 Å². The molecule has 1 aliphatic heterocycles. The molecule has 1 spiro atoms. The van der Waals surface area contributed by atoms with Crippen LogP contribution in [0.3, 0.4) is 0 Å². The quantitative estimate of drug-likeness (QED) is 0.626. The van der Waals surface area contributed by atoms with Gasteiger partial charge in [0.25, 0.3) is 5.69 Å². The van der Waals surface area contributed by atoms with Crippen LogP contribution in [0.1, 0.15) is 23.1 Å². The first-order valence-electron chi connectivity index (χ1n) is 8.31. The zero-order chi connectivity index (χ0) is 16.7. The van der Waals surface area contributed by atoms with Crippen LogP contribution in [0.4, 0.5) is 11.4 Å². The second kappa shape index (κ2) is 5.60. The molecule has 2 aliphatic rings. The molecule has 0 aromatic heterocycles. The molecule has 4 rings (SSSR count). The molecule has 2 aromatic carbocycles. The van der Waals surface area contributed by atoms with E-state index in [-0.39, 0.29) is 16.2 Å². The summed E-state index contributed by atoms with van der Waals surface area (Å²) in [4.78, 5) is 13.0. The number of rotatable bonds is 2. The molecule has 2 aromatic rings. The van der Waals surface area contributed by atoms with Gasteiger partial charge in [-0.2, -0.15) is 0 Å². The third kappa shape index (κ3) is 2.36. The van der Waals surface area contributed by atoms with Crippen LogP contribution in [0.25, 0.3) is 0 Å². The lowest BCUT2D eigenvalue weighted by Crippen LogP contribution is -2.49. The maximum Gasteiger partial charge on any atom is 0.272 e. The fourth-order valence-electron chi connectivity index (χ4n) is 4.01. The van der Waals surface area contributed by atoms with Crippen molar-refractivity contribution in [3.05, 3.63) is 69.3 Å². The van der Waals surface area contributed by atoms with E-state index in [1.807, 2.05) is 12.1 Å². The molecule has 0 bridgehead atoms. The second-order valence-corrected chi connectivity index (χ2v) is 6.65. The van der Waals surface area contributed by atoms with Gasteiger partial charge >= 0.3 is 0 Å². The predicted molar refractivity (Wildman–Crippen MR) is 92.4 cm³/mol. The Morgan fingerprint density at radius 1 is 1.25 bits per heavy atom. The van der Waals surface area contributed by atoms with E-state index in [9.17, 15) is 10.1 Å². The van der Waals surface area contributed by atoms with Crippen molar-refractivity contribution < 1.29 is 9.66 Å². The highest BCUT2D eigenvalue weighted by Crippen LogP contribution is 2.43. The van der Waals surface area contributed by atoms with Crippen molar-refractivity contribution in [1.29, 1.82) is 0 Å². The fourth-order valence-corrected chi connectivity index (χ4v) is 4.01. The van der Waals surface area contributed by atoms with Crippen LogP contribution < -0.4 is 4.90 Å². The zero-order valence-electron chi connectivity index (χ0n) is 13.7. The van der Waals surface area contributed by atoms with Gasteiger partial charge in [0.2, 0.25) is 0 Å². The number of nitrogens with zero attached hydrogens (tertiary/aromatic N) is 2. The number of hydrogen-bond acceptors (Lipinski definition) is 4. The molecule has 0 saturated carbocycles. The van der Waals surface area contributed by atoms with E-state index in [1.54, 1.807) is 13.0 Å². The standard InChI is InChI=1S/C19H20N2O3/c1-14-12-16(6-7-18(14)21(22)23)20-10-11-24-19(13-20)9-8-15-4-2-3-5-17(15)19/h2-7,12H,8-11,13H2,1H3. The first-order chi connectivity index (χ1) is 11.6. The van der Waals surface area contributed by atoms with Crippen LogP contribution in [-0.2, 0) is 16.8 Å². The van der Waals surface area contributed by atoms with Gasteiger partial charge in [0, 0.05) is 23.9 Å². The maximum absolute atomic E-state index is 11.0. The van der Waals surface area contributed by atoms with Crippen molar-refractivity contribution in [2.24, 2.45) is 0 Å². The van der Waals surface area contributed by atoms with Crippen LogP contribution in [0.5, 0.6) is 0 Å². The molecule has 124 valence electrons. The van der Waals surface area contributed by atoms with E-state index >= 15 is 0 Å². The number of anilines is 1. The molecule has 5 heteroatoms. The summed E-state index contributed by atoms with van der Waals surface area (Å²) in [6, 6.07) is 13.9. The minimum atomic E-state index is -0.326. The first-order valence-corrected chi connectivity index (χ1v) is 8.31. The lowest BCUT2D eigenvalue weighted by molar-refractivity contribution is -0.385. The molecule has 0 radical (unpaired) electrons. The Balaban J connectivity index is 1.65. The summed E-state index contributed by atoms with van der Waals surface area (Å²) in [6.07, 6.45) is 2.04. The molecule has 1 fully saturated rings. The average molecular weight is 324 g/mol. The van der Waals surface area contributed by atoms with Gasteiger partial charge in [0.1, 0.15) is 5.60 Å². The number of benzene rings is 2. The number of fused-ring (bicyclic) bond motifs is 2. The fraction of sp³-hybridized carbons (Fsp3) is 0.368. The maximum atomic E-state index is 11.0. The highest BCUT2D eigenvalue weighted by atomic mass is 16.6. The normalized spacial score (nSPS) is 22.6. The van der Waals surface area contributed by atoms with Crippen molar-refractivity contribution in [3.63, 3.8) is 0 Å². The van der Waals surface area contributed by atoms with Gasteiger partial charge in [0.05, 0.1) is 18.1 Å². The lowest BCUT2D eigenvalue weighted by atomic mass is 9.93. The third-order valence-electron chi connectivity index (χ3n) is 5.23. The molecule has 1 unspecified atom stereocenters. The molecule has 0 N–H and O–H groups in total. The summed E-state index contributed by atoms with van der Waals surface area (Å²) in [5.74, 6) is 0. The van der Waals surface area contributed by atoms with Crippen LogP contribution in [0.15, 0.2) is 42.5 Å². The molecule has 1 heterocycles. The van der Waals surface area contributed by atoms with Gasteiger partial charge in [-0.3, -0.25) is 10.1 Å². The minimum Gasteiger partial charge on any atom is -0.367 e. The Morgan fingerprint density at radius 2 is 2.08 bits per heavy atom. The number of aryl methyl sites for hydroxylation is 2. The number of morpholine rings is 1. The molecule has 1 aliphatic carbocycles. The van der Waals surface area contributed by atoms with E-state index < -0.39 is 0 Å². The van der Waals surface area contributed by atoms with E-state index in [4.69, 9.17) is 4.74 Å². The monoisotopic (exact) mass is 324 g/mol. The average Bonchev–Trinajstić information content (AvgIpc) is 2.93. The summed E-state index contributed by atoms with van der Waals surface area (Å²) >= 11 is 0. The van der Waals surface area contributed by atoms with E-state index in [0.29, 0.717) is 12.2 Å². The zero-order valence-corrected chi connectivity index (χ0v) is 13.7. The van der Waals surface area contributed by atoms with Gasteiger partial charge in [0.15, 0.2) is 0 Å². The van der Waals surface area contributed by atoms with Crippen LogP contribution >= 0.6 is 0 Å². The van der Waals surface area contributed by atoms with Crippen LogP contribution in [-0.4, -0.2) is 24.6 Å². The number of ether oxygens (including phenoxy) is 1. The van der Waals surface area contributed by atoms with Gasteiger partial charge in [-0.05, 0) is 43.0 Å². The molecule has 0 amide bonds. The van der Waals surface area contributed by atoms with Crippen molar-refractivity contribution in [2.45, 2.75) is 25.4 Å². The molecule has 1 atom stereocenters. The Morgan fingerprint density at radius 3 is 2.88 bits per heavy atom. The molecular formula is C19H20N2O3. The highest BCUT2D eigenvalue weighted by Gasteiger charge is 2.43. The van der Waals surface area contributed by atoms with E-state index in [2.05, 4.69) is 29.2 Å². The smallest absolute Gasteiger partial charge is 0.272 e. The van der Waals surface area contributed by atoms with Crippen LogP contribution in [0.2, 0.25) is 0 Å². The first kappa shape index (κ1) is 15.1. The Bertz CT molecular complexity index is 801. The lowest BCUT2D eigenvalue weighted by Gasteiger charge is -2.42. The summed E-state index contributed by atoms with van der Waals surface area (Å²) in [7, 11) is 0. The van der Waals surface area contributed by atoms with Crippen LogP contribution in [0, 0.1) is 17.0 Å². The van der Waals surface area contributed by atoms with Crippen molar-refractivity contribution in [2.75, 3.05) is 24.6 Å². The summed E-state index contributed by atoms with van der Waals surface area (Å²) in [5.41, 5.74) is 4.33. The van der Waals surface area contributed by atoms with Gasteiger partial charge in [-0.1, -0.05) is 24.3 Å². The number of nitro groups is 1. The van der Waals surface area contributed by atoms with Crippen molar-refractivity contribution >= 4 is 11.4 Å². The predicted octanol–water partition coefficient (Wildman–Crippen LogP) is 3.58.